The Morgan fingerprint density at radius 2 is 2.04 bits per heavy atom. The van der Waals surface area contributed by atoms with Gasteiger partial charge in [-0.1, -0.05) is 12.6 Å². The summed E-state index contributed by atoms with van der Waals surface area (Å²) in [5.74, 6) is 1.20. The zero-order chi connectivity index (χ0) is 16.7. The van der Waals surface area contributed by atoms with Crippen molar-refractivity contribution in [3.8, 4) is 11.5 Å². The fourth-order valence-electron chi connectivity index (χ4n) is 2.09. The maximum Gasteiger partial charge on any atom is 0.247 e. The second-order valence-corrected chi connectivity index (χ2v) is 4.77. The zero-order valence-electron chi connectivity index (χ0n) is 13.4. The molecule has 1 aromatic heterocycles. The highest BCUT2D eigenvalue weighted by Crippen LogP contribution is 2.28. The molecule has 0 saturated carbocycles. The molecule has 0 fully saturated rings. The van der Waals surface area contributed by atoms with Gasteiger partial charge in [0.2, 0.25) is 5.91 Å². The molecule has 0 radical (unpaired) electrons. The maximum absolute atomic E-state index is 11.3. The number of anilines is 1. The molecule has 0 bridgehead atoms. The number of carbonyl (C=O) groups excluding carboxylic acids is 1. The van der Waals surface area contributed by atoms with E-state index in [1.165, 1.54) is 6.08 Å². The highest BCUT2D eigenvalue weighted by Gasteiger charge is 2.07. The molecule has 6 heteroatoms. The Morgan fingerprint density at radius 1 is 1.30 bits per heavy atom. The van der Waals surface area contributed by atoms with Gasteiger partial charge >= 0.3 is 0 Å². The summed E-state index contributed by atoms with van der Waals surface area (Å²) < 4.78 is 12.9. The quantitative estimate of drug-likeness (QED) is 0.761. The van der Waals surface area contributed by atoms with E-state index in [0.717, 1.165) is 17.1 Å². The van der Waals surface area contributed by atoms with Crippen LogP contribution in [0.2, 0.25) is 0 Å². The Bertz CT molecular complexity index is 679. The summed E-state index contributed by atoms with van der Waals surface area (Å²) >= 11 is 0. The van der Waals surface area contributed by atoms with Gasteiger partial charge in [0.1, 0.15) is 0 Å². The van der Waals surface area contributed by atoms with E-state index in [2.05, 4.69) is 17.0 Å². The number of hydrogen-bond donors (Lipinski definition) is 1. The molecule has 0 aliphatic rings. The third-order valence-electron chi connectivity index (χ3n) is 3.04. The average molecular weight is 315 g/mol. The van der Waals surface area contributed by atoms with Crippen LogP contribution in [0.4, 0.5) is 5.69 Å². The Morgan fingerprint density at radius 3 is 2.74 bits per heavy atom. The van der Waals surface area contributed by atoms with Crippen molar-refractivity contribution in [3.05, 3.63) is 48.8 Å². The number of aromatic nitrogens is 2. The molecule has 23 heavy (non-hydrogen) atoms. The van der Waals surface area contributed by atoms with Gasteiger partial charge in [0.05, 0.1) is 31.6 Å². The number of nitrogens with zero attached hydrogens (tertiary/aromatic N) is 2. The lowest BCUT2D eigenvalue weighted by atomic mass is 10.2. The molecular formula is C17H21N3O3. The number of nitrogens with one attached hydrogen (secondary N) is 1. The summed E-state index contributed by atoms with van der Waals surface area (Å²) in [7, 11) is 0. The van der Waals surface area contributed by atoms with Gasteiger partial charge in [-0.2, -0.15) is 5.10 Å². The minimum atomic E-state index is -0.260. The van der Waals surface area contributed by atoms with Crippen LogP contribution in [0.15, 0.2) is 43.2 Å². The van der Waals surface area contributed by atoms with Crippen LogP contribution in [0.5, 0.6) is 11.5 Å². The number of hydrogen-bond acceptors (Lipinski definition) is 4. The van der Waals surface area contributed by atoms with E-state index in [1.54, 1.807) is 17.1 Å². The fourth-order valence-corrected chi connectivity index (χ4v) is 2.09. The first kappa shape index (κ1) is 16.6. The molecule has 2 aromatic rings. The van der Waals surface area contributed by atoms with E-state index in [-0.39, 0.29) is 5.91 Å². The molecule has 1 N–H and O–H groups in total. The first-order valence-corrected chi connectivity index (χ1v) is 7.50. The van der Waals surface area contributed by atoms with Crippen molar-refractivity contribution >= 4 is 11.6 Å². The molecule has 6 nitrogen and oxygen atoms in total. The fraction of sp³-hybridized carbons (Fsp3) is 0.294. The van der Waals surface area contributed by atoms with E-state index in [1.807, 2.05) is 32.0 Å². The Hall–Kier alpha value is -2.76. The standard InChI is InChI=1S/C17H21N3O3/c1-4-17(21)19-14-10-18-20(12-14)11-13-7-8-15(22-5-2)16(9-13)23-6-3/h4,7-10,12H,1,5-6,11H2,2-3H3,(H,19,21). The van der Waals surface area contributed by atoms with Gasteiger partial charge in [0.15, 0.2) is 11.5 Å². The molecule has 1 heterocycles. The largest absolute Gasteiger partial charge is 0.490 e. The highest BCUT2D eigenvalue weighted by atomic mass is 16.5. The highest BCUT2D eigenvalue weighted by molar-refractivity contribution is 5.98. The van der Waals surface area contributed by atoms with Crippen molar-refractivity contribution in [2.45, 2.75) is 20.4 Å². The molecule has 0 aliphatic carbocycles. The third kappa shape index (κ3) is 4.60. The van der Waals surface area contributed by atoms with Crippen molar-refractivity contribution in [3.63, 3.8) is 0 Å². The Kier molecular flexibility index (Phi) is 5.80. The first-order valence-electron chi connectivity index (χ1n) is 7.50. The van der Waals surface area contributed by atoms with Crippen molar-refractivity contribution in [1.29, 1.82) is 0 Å². The molecule has 0 saturated heterocycles. The minimum absolute atomic E-state index is 0.260. The topological polar surface area (TPSA) is 65.4 Å². The van der Waals surface area contributed by atoms with E-state index in [9.17, 15) is 4.79 Å². The summed E-state index contributed by atoms with van der Waals surface area (Å²) in [6, 6.07) is 5.81. The molecule has 0 unspecified atom stereocenters. The van der Waals surface area contributed by atoms with Crippen LogP contribution >= 0.6 is 0 Å². The third-order valence-corrected chi connectivity index (χ3v) is 3.04. The van der Waals surface area contributed by atoms with Crippen LogP contribution in [0.25, 0.3) is 0 Å². The van der Waals surface area contributed by atoms with Crippen LogP contribution < -0.4 is 14.8 Å². The summed E-state index contributed by atoms with van der Waals surface area (Å²) in [4.78, 5) is 11.3. The summed E-state index contributed by atoms with van der Waals surface area (Å²) in [5.41, 5.74) is 1.66. The van der Waals surface area contributed by atoms with Crippen LogP contribution in [-0.4, -0.2) is 28.9 Å². The predicted molar refractivity (Wildman–Crippen MR) is 88.9 cm³/mol. The van der Waals surface area contributed by atoms with E-state index < -0.39 is 0 Å². The van der Waals surface area contributed by atoms with Crippen molar-refractivity contribution in [1.82, 2.24) is 9.78 Å². The van der Waals surface area contributed by atoms with Crippen molar-refractivity contribution in [2.75, 3.05) is 18.5 Å². The maximum atomic E-state index is 11.3. The van der Waals surface area contributed by atoms with Crippen molar-refractivity contribution < 1.29 is 14.3 Å². The van der Waals surface area contributed by atoms with Gasteiger partial charge in [0, 0.05) is 6.20 Å². The number of carbonyl (C=O) groups is 1. The lowest BCUT2D eigenvalue weighted by molar-refractivity contribution is -0.111. The molecule has 2 rings (SSSR count). The van der Waals surface area contributed by atoms with Crippen molar-refractivity contribution in [2.24, 2.45) is 0 Å². The average Bonchev–Trinajstić information content (AvgIpc) is 2.97. The number of rotatable bonds is 8. The minimum Gasteiger partial charge on any atom is -0.490 e. The second-order valence-electron chi connectivity index (χ2n) is 4.77. The molecule has 1 amide bonds. The Balaban J connectivity index is 2.11. The molecule has 0 aliphatic heterocycles. The van der Waals surface area contributed by atoms with Gasteiger partial charge in [0.25, 0.3) is 0 Å². The van der Waals surface area contributed by atoms with Gasteiger partial charge in [-0.25, -0.2) is 0 Å². The van der Waals surface area contributed by atoms with Gasteiger partial charge in [-0.15, -0.1) is 0 Å². The molecule has 0 spiro atoms. The van der Waals surface area contributed by atoms with E-state index in [4.69, 9.17) is 9.47 Å². The van der Waals surface area contributed by atoms with Gasteiger partial charge in [-0.3, -0.25) is 9.48 Å². The van der Waals surface area contributed by atoms with E-state index >= 15 is 0 Å². The lowest BCUT2D eigenvalue weighted by Crippen LogP contribution is -2.06. The number of benzene rings is 1. The molecule has 0 atom stereocenters. The monoisotopic (exact) mass is 315 g/mol. The first-order chi connectivity index (χ1) is 11.2. The lowest BCUT2D eigenvalue weighted by Gasteiger charge is -2.12. The second kappa shape index (κ2) is 8.03. The van der Waals surface area contributed by atoms with Gasteiger partial charge in [-0.05, 0) is 37.6 Å². The smallest absolute Gasteiger partial charge is 0.247 e. The Labute approximate surface area is 135 Å². The SMILES string of the molecule is C=CC(=O)Nc1cnn(Cc2ccc(OCC)c(OCC)c2)c1. The van der Waals surface area contributed by atoms with Crippen LogP contribution in [0.3, 0.4) is 0 Å². The predicted octanol–water partition coefficient (Wildman–Crippen LogP) is 2.85. The van der Waals surface area contributed by atoms with Crippen LogP contribution in [0, 0.1) is 0 Å². The van der Waals surface area contributed by atoms with Crippen LogP contribution in [0.1, 0.15) is 19.4 Å². The molecular weight excluding hydrogens is 294 g/mol. The van der Waals surface area contributed by atoms with Gasteiger partial charge < -0.3 is 14.8 Å². The summed E-state index contributed by atoms with van der Waals surface area (Å²) in [6.07, 6.45) is 4.58. The summed E-state index contributed by atoms with van der Waals surface area (Å²) in [6.45, 7) is 9.02. The zero-order valence-corrected chi connectivity index (χ0v) is 13.4. The molecule has 1 aromatic carbocycles. The van der Waals surface area contributed by atoms with E-state index in [0.29, 0.717) is 25.4 Å². The number of amides is 1. The summed E-state index contributed by atoms with van der Waals surface area (Å²) in [5, 5.41) is 6.90. The number of ether oxygens (including phenoxy) is 2. The molecule has 122 valence electrons. The normalized spacial score (nSPS) is 10.2. The van der Waals surface area contributed by atoms with Crippen LogP contribution in [-0.2, 0) is 11.3 Å².